The Morgan fingerprint density at radius 3 is 1.00 bits per heavy atom. The summed E-state index contributed by atoms with van der Waals surface area (Å²) in [5, 5.41) is 0. The number of hydrogen-bond acceptors (Lipinski definition) is 3. The molecular weight excluding hydrogens is 490 g/mol. The number of rotatable bonds is 5. The summed E-state index contributed by atoms with van der Waals surface area (Å²) in [7, 11) is 0. The van der Waals surface area contributed by atoms with Crippen molar-refractivity contribution >= 4 is 29.6 Å². The second kappa shape index (κ2) is 12.3. The van der Waals surface area contributed by atoms with Gasteiger partial charge < -0.3 is 4.90 Å². The van der Waals surface area contributed by atoms with E-state index in [1.165, 1.54) is 5.56 Å². The summed E-state index contributed by atoms with van der Waals surface area (Å²) in [5.41, 5.74) is 9.06. The van der Waals surface area contributed by atoms with Gasteiger partial charge in [0.15, 0.2) is 0 Å². The van der Waals surface area contributed by atoms with Crippen LogP contribution >= 0.6 is 0 Å². The van der Waals surface area contributed by atoms with Crippen LogP contribution in [0.2, 0.25) is 0 Å². The molecule has 5 rings (SSSR count). The van der Waals surface area contributed by atoms with Crippen molar-refractivity contribution in [3.8, 4) is 23.7 Å². The average Bonchev–Trinajstić information content (AvgIpc) is 3.02. The molecule has 5 aromatic carbocycles. The Balaban J connectivity index is 1.41. The lowest BCUT2D eigenvalue weighted by Gasteiger charge is -2.25. The predicted octanol–water partition coefficient (Wildman–Crippen LogP) is 7.89. The minimum Gasteiger partial charge on any atom is -0.311 e. The van der Waals surface area contributed by atoms with Crippen LogP contribution in [0.5, 0.6) is 0 Å². The van der Waals surface area contributed by atoms with E-state index in [1.807, 2.05) is 48.5 Å². The van der Waals surface area contributed by atoms with E-state index in [4.69, 9.17) is 0 Å². The molecule has 0 aliphatic carbocycles. The molecule has 0 bridgehead atoms. The van der Waals surface area contributed by atoms with Gasteiger partial charge in [-0.2, -0.15) is 0 Å². The molecule has 5 aromatic rings. The van der Waals surface area contributed by atoms with Crippen LogP contribution in [0.25, 0.3) is 0 Å². The van der Waals surface area contributed by atoms with Crippen molar-refractivity contribution in [2.24, 2.45) is 0 Å². The number of aryl methyl sites for hydroxylation is 1. The maximum Gasteiger partial charge on any atom is 0.150 e. The van der Waals surface area contributed by atoms with Gasteiger partial charge in [0.05, 0.1) is 0 Å². The molecule has 0 fully saturated rings. The fraction of sp³-hybridized carbons (Fsp3) is 0.0270. The second-order valence-corrected chi connectivity index (χ2v) is 9.24. The zero-order valence-electron chi connectivity index (χ0n) is 22.0. The zero-order chi connectivity index (χ0) is 27.7. The molecule has 0 aromatic heterocycles. The van der Waals surface area contributed by atoms with Gasteiger partial charge in [0, 0.05) is 50.4 Å². The van der Waals surface area contributed by atoms with Crippen molar-refractivity contribution in [3.63, 3.8) is 0 Å². The van der Waals surface area contributed by atoms with Crippen molar-refractivity contribution in [3.05, 3.63) is 160 Å². The van der Waals surface area contributed by atoms with E-state index in [0.717, 1.165) is 51.9 Å². The van der Waals surface area contributed by atoms with E-state index < -0.39 is 0 Å². The van der Waals surface area contributed by atoms with E-state index >= 15 is 0 Å². The number of hydrogen-bond donors (Lipinski definition) is 0. The minimum atomic E-state index is 0.636. The molecule has 0 saturated carbocycles. The second-order valence-electron chi connectivity index (χ2n) is 9.24. The number of carbonyl (C=O) groups excluding carboxylic acids is 2. The normalized spacial score (nSPS) is 9.93. The molecular formula is C37H25NO2. The maximum absolute atomic E-state index is 10.9. The van der Waals surface area contributed by atoms with Crippen LogP contribution in [0.4, 0.5) is 17.1 Å². The van der Waals surface area contributed by atoms with Crippen molar-refractivity contribution in [1.82, 2.24) is 0 Å². The highest BCUT2D eigenvalue weighted by Gasteiger charge is 2.12. The predicted molar refractivity (Wildman–Crippen MR) is 161 cm³/mol. The Kier molecular flexibility index (Phi) is 7.97. The minimum absolute atomic E-state index is 0.636. The number of aldehydes is 2. The summed E-state index contributed by atoms with van der Waals surface area (Å²) in [4.78, 5) is 23.9. The summed E-state index contributed by atoms with van der Waals surface area (Å²) in [6.45, 7) is 2.08. The van der Waals surface area contributed by atoms with Crippen LogP contribution in [0, 0.1) is 30.6 Å². The highest BCUT2D eigenvalue weighted by molar-refractivity contribution is 5.78. The summed E-state index contributed by atoms with van der Waals surface area (Å²) in [6, 6.07) is 39.2. The third kappa shape index (κ3) is 6.43. The van der Waals surface area contributed by atoms with Crippen LogP contribution in [-0.2, 0) is 0 Å². The Labute approximate surface area is 234 Å². The molecule has 0 radical (unpaired) electrons. The first kappa shape index (κ1) is 26.0. The van der Waals surface area contributed by atoms with Gasteiger partial charge in [0.1, 0.15) is 12.6 Å². The van der Waals surface area contributed by atoms with Crippen molar-refractivity contribution in [2.75, 3.05) is 4.90 Å². The van der Waals surface area contributed by atoms with Gasteiger partial charge in [-0.05, 0) is 91.9 Å². The van der Waals surface area contributed by atoms with Crippen LogP contribution in [-0.4, -0.2) is 12.6 Å². The van der Waals surface area contributed by atoms with Crippen molar-refractivity contribution < 1.29 is 9.59 Å². The smallest absolute Gasteiger partial charge is 0.150 e. The van der Waals surface area contributed by atoms with E-state index in [0.29, 0.717) is 11.1 Å². The Hall–Kier alpha value is -5.64. The van der Waals surface area contributed by atoms with Gasteiger partial charge in [-0.1, -0.05) is 65.6 Å². The standard InChI is InChI=1S/C37H25NO2/c1-28-2-20-35(21-3-28)38(36-22-16-31(17-23-36)6-4-29-8-12-33(26-39)13-9-29)37-24-18-32(19-25-37)7-5-30-10-14-34(27-40)15-11-30/h2-3,8-27H,1H3. The molecule has 0 spiro atoms. The van der Waals surface area contributed by atoms with Gasteiger partial charge in [0.2, 0.25) is 0 Å². The number of benzene rings is 5. The fourth-order valence-corrected chi connectivity index (χ4v) is 4.11. The largest absolute Gasteiger partial charge is 0.311 e. The van der Waals surface area contributed by atoms with Crippen LogP contribution in [0.1, 0.15) is 48.5 Å². The quantitative estimate of drug-likeness (QED) is 0.176. The van der Waals surface area contributed by atoms with Gasteiger partial charge >= 0.3 is 0 Å². The maximum atomic E-state index is 10.9. The van der Waals surface area contributed by atoms with Gasteiger partial charge in [-0.25, -0.2) is 0 Å². The molecule has 40 heavy (non-hydrogen) atoms. The first-order valence-corrected chi connectivity index (χ1v) is 12.8. The average molecular weight is 516 g/mol. The third-order valence-corrected chi connectivity index (χ3v) is 6.34. The monoisotopic (exact) mass is 515 g/mol. The van der Waals surface area contributed by atoms with Gasteiger partial charge in [0.25, 0.3) is 0 Å². The molecule has 3 nitrogen and oxygen atoms in total. The van der Waals surface area contributed by atoms with E-state index in [-0.39, 0.29) is 0 Å². The molecule has 0 N–H and O–H groups in total. The summed E-state index contributed by atoms with van der Waals surface area (Å²) in [6.07, 6.45) is 1.65. The lowest BCUT2D eigenvalue weighted by Crippen LogP contribution is -2.09. The SMILES string of the molecule is Cc1ccc(N(c2ccc(C#Cc3ccc(C=O)cc3)cc2)c2ccc(C#Cc3ccc(C=O)cc3)cc2)cc1. The summed E-state index contributed by atoms with van der Waals surface area (Å²) in [5.74, 6) is 12.7. The van der Waals surface area contributed by atoms with E-state index in [9.17, 15) is 9.59 Å². The number of nitrogens with zero attached hydrogens (tertiary/aromatic N) is 1. The van der Waals surface area contributed by atoms with Gasteiger partial charge in [-0.15, -0.1) is 0 Å². The summed E-state index contributed by atoms with van der Waals surface area (Å²) < 4.78 is 0. The first-order valence-electron chi connectivity index (χ1n) is 12.8. The highest BCUT2D eigenvalue weighted by atomic mass is 16.1. The Morgan fingerprint density at radius 1 is 0.425 bits per heavy atom. The number of anilines is 3. The number of carbonyl (C=O) groups is 2. The Bertz CT molecular complexity index is 1630. The molecule has 0 amide bonds. The third-order valence-electron chi connectivity index (χ3n) is 6.34. The highest BCUT2D eigenvalue weighted by Crippen LogP contribution is 2.34. The van der Waals surface area contributed by atoms with Crippen LogP contribution < -0.4 is 4.90 Å². The van der Waals surface area contributed by atoms with Crippen LogP contribution in [0.15, 0.2) is 121 Å². The molecule has 0 heterocycles. The lowest BCUT2D eigenvalue weighted by molar-refractivity contribution is 0.111. The summed E-state index contributed by atoms with van der Waals surface area (Å²) >= 11 is 0. The van der Waals surface area contributed by atoms with Crippen molar-refractivity contribution in [1.29, 1.82) is 0 Å². The zero-order valence-corrected chi connectivity index (χ0v) is 22.0. The molecule has 0 atom stereocenters. The van der Waals surface area contributed by atoms with E-state index in [2.05, 4.69) is 84.0 Å². The molecule has 190 valence electrons. The van der Waals surface area contributed by atoms with Gasteiger partial charge in [-0.3, -0.25) is 9.59 Å². The molecule has 0 aliphatic rings. The van der Waals surface area contributed by atoms with Crippen LogP contribution in [0.3, 0.4) is 0 Å². The molecule has 0 saturated heterocycles. The fourth-order valence-electron chi connectivity index (χ4n) is 4.11. The van der Waals surface area contributed by atoms with E-state index in [1.54, 1.807) is 24.3 Å². The molecule has 0 aliphatic heterocycles. The van der Waals surface area contributed by atoms with Crippen molar-refractivity contribution in [2.45, 2.75) is 6.92 Å². The Morgan fingerprint density at radius 2 is 0.700 bits per heavy atom. The lowest BCUT2D eigenvalue weighted by atomic mass is 10.1. The first-order chi connectivity index (χ1) is 19.6. The molecule has 3 heteroatoms. The molecule has 0 unspecified atom stereocenters. The topological polar surface area (TPSA) is 37.4 Å².